The average Bonchev–Trinajstić information content (AvgIpc) is 3.18. The molecule has 2 aliphatic rings. The zero-order valence-corrected chi connectivity index (χ0v) is 14.8. The predicted molar refractivity (Wildman–Crippen MR) is 91.7 cm³/mol. The third-order valence-corrected chi connectivity index (χ3v) is 6.56. The first-order valence-corrected chi connectivity index (χ1v) is 10.4. The molecule has 0 spiro atoms. The van der Waals surface area contributed by atoms with Crippen LogP contribution in [0, 0.1) is 0 Å². The molecule has 0 aromatic carbocycles. The van der Waals surface area contributed by atoms with Gasteiger partial charge in [0.05, 0.1) is 11.5 Å². The lowest BCUT2D eigenvalue weighted by Crippen LogP contribution is -2.41. The summed E-state index contributed by atoms with van der Waals surface area (Å²) in [5.74, 6) is 0.448. The van der Waals surface area contributed by atoms with Gasteiger partial charge >= 0.3 is 0 Å². The fourth-order valence-electron chi connectivity index (χ4n) is 3.54. The van der Waals surface area contributed by atoms with E-state index in [0.717, 1.165) is 12.8 Å². The second kappa shape index (κ2) is 7.04. The molecule has 1 saturated heterocycles. The van der Waals surface area contributed by atoms with Gasteiger partial charge in [0.2, 0.25) is 5.95 Å². The Bertz CT molecular complexity index is 701. The number of hydrogen-bond donors (Lipinski definition) is 1. The molecule has 1 aliphatic carbocycles. The standard InChI is InChI=1S/C16H24N4O3S/c1-2-20(13-8-10-24(22,23)11-13)15(21)14-7-9-17-16(19-14)18-12-5-3-4-6-12/h7,9,12-13H,2-6,8,10-11H2,1H3,(H,17,18,19). The Hall–Kier alpha value is -1.70. The van der Waals surface area contributed by atoms with Crippen LogP contribution in [-0.2, 0) is 9.84 Å². The van der Waals surface area contributed by atoms with E-state index in [9.17, 15) is 13.2 Å². The fraction of sp³-hybridized carbons (Fsp3) is 0.688. The van der Waals surface area contributed by atoms with E-state index in [2.05, 4.69) is 15.3 Å². The molecule has 3 rings (SSSR count). The van der Waals surface area contributed by atoms with Crippen LogP contribution < -0.4 is 5.32 Å². The zero-order valence-electron chi connectivity index (χ0n) is 13.9. The Morgan fingerprint density at radius 1 is 1.33 bits per heavy atom. The molecule has 1 aliphatic heterocycles. The van der Waals surface area contributed by atoms with Crippen molar-refractivity contribution in [1.82, 2.24) is 14.9 Å². The summed E-state index contributed by atoms with van der Waals surface area (Å²) in [6.45, 7) is 2.33. The van der Waals surface area contributed by atoms with E-state index in [1.807, 2.05) is 6.92 Å². The van der Waals surface area contributed by atoms with Crippen LogP contribution in [0.5, 0.6) is 0 Å². The van der Waals surface area contributed by atoms with E-state index in [1.165, 1.54) is 12.8 Å². The van der Waals surface area contributed by atoms with E-state index in [0.29, 0.717) is 30.6 Å². The minimum atomic E-state index is -3.03. The third kappa shape index (κ3) is 3.85. The zero-order chi connectivity index (χ0) is 17.2. The summed E-state index contributed by atoms with van der Waals surface area (Å²) >= 11 is 0. The normalized spacial score (nSPS) is 23.3. The highest BCUT2D eigenvalue weighted by Crippen LogP contribution is 2.22. The highest BCUT2D eigenvalue weighted by atomic mass is 32.2. The second-order valence-corrected chi connectivity index (χ2v) is 8.77. The maximum Gasteiger partial charge on any atom is 0.272 e. The topological polar surface area (TPSA) is 92.3 Å². The van der Waals surface area contributed by atoms with Crippen molar-refractivity contribution >= 4 is 21.7 Å². The van der Waals surface area contributed by atoms with Gasteiger partial charge < -0.3 is 10.2 Å². The van der Waals surface area contributed by atoms with Crippen LogP contribution in [0.3, 0.4) is 0 Å². The van der Waals surface area contributed by atoms with Gasteiger partial charge in [0.15, 0.2) is 9.84 Å². The van der Waals surface area contributed by atoms with Gasteiger partial charge in [-0.05, 0) is 32.3 Å². The van der Waals surface area contributed by atoms with Crippen LogP contribution in [0.25, 0.3) is 0 Å². The molecule has 2 heterocycles. The van der Waals surface area contributed by atoms with Gasteiger partial charge in [-0.25, -0.2) is 18.4 Å². The minimum absolute atomic E-state index is 0.0465. The van der Waals surface area contributed by atoms with E-state index in [-0.39, 0.29) is 23.5 Å². The van der Waals surface area contributed by atoms with Gasteiger partial charge in [0.1, 0.15) is 5.69 Å². The molecule has 0 radical (unpaired) electrons. The van der Waals surface area contributed by atoms with Gasteiger partial charge in [-0.15, -0.1) is 0 Å². The molecule has 1 aromatic rings. The number of carbonyl (C=O) groups is 1. The van der Waals surface area contributed by atoms with Crippen molar-refractivity contribution in [3.63, 3.8) is 0 Å². The smallest absolute Gasteiger partial charge is 0.272 e. The molecule has 1 N–H and O–H groups in total. The van der Waals surface area contributed by atoms with E-state index in [1.54, 1.807) is 17.2 Å². The summed E-state index contributed by atoms with van der Waals surface area (Å²) in [7, 11) is -3.03. The lowest BCUT2D eigenvalue weighted by atomic mass is 10.2. The number of nitrogens with zero attached hydrogens (tertiary/aromatic N) is 3. The maximum absolute atomic E-state index is 12.8. The monoisotopic (exact) mass is 352 g/mol. The number of anilines is 1. The van der Waals surface area contributed by atoms with Crippen molar-refractivity contribution in [2.75, 3.05) is 23.4 Å². The number of nitrogens with one attached hydrogen (secondary N) is 1. The summed E-state index contributed by atoms with van der Waals surface area (Å²) in [5.41, 5.74) is 0.316. The minimum Gasteiger partial charge on any atom is -0.351 e. The van der Waals surface area contributed by atoms with Crippen molar-refractivity contribution in [3.8, 4) is 0 Å². The molecule has 24 heavy (non-hydrogen) atoms. The molecule has 1 atom stereocenters. The molecule has 1 amide bonds. The van der Waals surface area contributed by atoms with E-state index in [4.69, 9.17) is 0 Å². The highest BCUT2D eigenvalue weighted by Gasteiger charge is 2.34. The molecule has 7 nitrogen and oxygen atoms in total. The Kier molecular flexibility index (Phi) is 5.03. The molecule has 1 saturated carbocycles. The summed E-state index contributed by atoms with van der Waals surface area (Å²) in [6, 6.07) is 1.71. The van der Waals surface area contributed by atoms with Crippen LogP contribution in [0.1, 0.15) is 49.5 Å². The second-order valence-electron chi connectivity index (χ2n) is 6.54. The van der Waals surface area contributed by atoms with Gasteiger partial charge in [-0.1, -0.05) is 12.8 Å². The van der Waals surface area contributed by atoms with Crippen molar-refractivity contribution < 1.29 is 13.2 Å². The number of rotatable bonds is 5. The van der Waals surface area contributed by atoms with Gasteiger partial charge in [0, 0.05) is 24.8 Å². The Morgan fingerprint density at radius 2 is 2.08 bits per heavy atom. The first kappa shape index (κ1) is 17.1. The predicted octanol–water partition coefficient (Wildman–Crippen LogP) is 1.48. The maximum atomic E-state index is 12.8. The number of carbonyl (C=O) groups excluding carboxylic acids is 1. The van der Waals surface area contributed by atoms with Crippen LogP contribution in [0.2, 0.25) is 0 Å². The number of sulfone groups is 1. The van der Waals surface area contributed by atoms with Crippen LogP contribution >= 0.6 is 0 Å². The first-order chi connectivity index (χ1) is 11.5. The summed E-state index contributed by atoms with van der Waals surface area (Å²) in [4.78, 5) is 22.9. The first-order valence-electron chi connectivity index (χ1n) is 8.59. The quantitative estimate of drug-likeness (QED) is 0.863. The molecule has 132 valence electrons. The fourth-order valence-corrected chi connectivity index (χ4v) is 5.27. The lowest BCUT2D eigenvalue weighted by molar-refractivity contribution is 0.0702. The molecule has 1 aromatic heterocycles. The molecule has 2 fully saturated rings. The lowest BCUT2D eigenvalue weighted by Gasteiger charge is -2.26. The Morgan fingerprint density at radius 3 is 2.71 bits per heavy atom. The molecule has 1 unspecified atom stereocenters. The van der Waals surface area contributed by atoms with Crippen molar-refractivity contribution in [2.24, 2.45) is 0 Å². The van der Waals surface area contributed by atoms with Crippen LogP contribution in [0.15, 0.2) is 12.3 Å². The Labute approximate surface area is 142 Å². The summed E-state index contributed by atoms with van der Waals surface area (Å²) in [6.07, 6.45) is 6.69. The van der Waals surface area contributed by atoms with Crippen LogP contribution in [0.4, 0.5) is 5.95 Å². The summed E-state index contributed by atoms with van der Waals surface area (Å²) in [5, 5.41) is 3.29. The third-order valence-electron chi connectivity index (χ3n) is 4.81. The molecular formula is C16H24N4O3S. The largest absolute Gasteiger partial charge is 0.351 e. The van der Waals surface area contributed by atoms with Crippen molar-refractivity contribution in [1.29, 1.82) is 0 Å². The van der Waals surface area contributed by atoms with Crippen LogP contribution in [-0.4, -0.2) is 59.3 Å². The SMILES string of the molecule is CCN(C(=O)c1ccnc(NC2CCCC2)n1)C1CCS(=O)(=O)C1. The Balaban J connectivity index is 1.73. The molecular weight excluding hydrogens is 328 g/mol. The molecule has 8 heteroatoms. The average molecular weight is 352 g/mol. The van der Waals surface area contributed by atoms with Crippen molar-refractivity contribution in [3.05, 3.63) is 18.0 Å². The van der Waals surface area contributed by atoms with Gasteiger partial charge in [0.25, 0.3) is 5.91 Å². The van der Waals surface area contributed by atoms with Gasteiger partial charge in [-0.3, -0.25) is 4.79 Å². The van der Waals surface area contributed by atoms with Crippen molar-refractivity contribution in [2.45, 2.75) is 51.1 Å². The van der Waals surface area contributed by atoms with Gasteiger partial charge in [-0.2, -0.15) is 0 Å². The van der Waals surface area contributed by atoms with E-state index >= 15 is 0 Å². The van der Waals surface area contributed by atoms with E-state index < -0.39 is 9.84 Å². The highest BCUT2D eigenvalue weighted by molar-refractivity contribution is 7.91. The number of amides is 1. The summed E-state index contributed by atoms with van der Waals surface area (Å²) < 4.78 is 23.4. The molecule has 0 bridgehead atoms. The number of aromatic nitrogens is 2. The number of hydrogen-bond acceptors (Lipinski definition) is 6.